The number of amides is 1. The van der Waals surface area contributed by atoms with Gasteiger partial charge < -0.3 is 15.0 Å². The molecule has 0 fully saturated rings. The van der Waals surface area contributed by atoms with E-state index in [1.165, 1.54) is 11.1 Å². The second-order valence-corrected chi connectivity index (χ2v) is 7.35. The van der Waals surface area contributed by atoms with Crippen LogP contribution in [0.25, 0.3) is 5.69 Å². The number of likely N-dealkylation sites (N-methyl/N-ethyl adjacent to an activating group) is 1. The number of ether oxygens (including phenoxy) is 1. The summed E-state index contributed by atoms with van der Waals surface area (Å²) in [5, 5.41) is 7.52. The highest BCUT2D eigenvalue weighted by Crippen LogP contribution is 2.17. The van der Waals surface area contributed by atoms with Crippen LogP contribution in [0.2, 0.25) is 0 Å². The van der Waals surface area contributed by atoms with Crippen molar-refractivity contribution in [3.8, 4) is 11.4 Å². The van der Waals surface area contributed by atoms with Gasteiger partial charge in [-0.25, -0.2) is 4.68 Å². The Morgan fingerprint density at radius 3 is 2.45 bits per heavy atom. The predicted octanol–water partition coefficient (Wildman–Crippen LogP) is 2.54. The van der Waals surface area contributed by atoms with Gasteiger partial charge >= 0.3 is 0 Å². The van der Waals surface area contributed by atoms with Gasteiger partial charge in [-0.2, -0.15) is 5.10 Å². The number of nitrogens with zero attached hydrogens (tertiary/aromatic N) is 2. The Balaban J connectivity index is 1.61. The lowest BCUT2D eigenvalue weighted by atomic mass is 10.2. The van der Waals surface area contributed by atoms with Crippen LogP contribution in [0.4, 0.5) is 5.82 Å². The number of anilines is 1. The van der Waals surface area contributed by atoms with Crippen molar-refractivity contribution in [3.63, 3.8) is 0 Å². The van der Waals surface area contributed by atoms with Gasteiger partial charge in [0, 0.05) is 11.6 Å². The van der Waals surface area contributed by atoms with E-state index in [2.05, 4.69) is 10.4 Å². The Kier molecular flexibility index (Phi) is 6.67. The fourth-order valence-corrected chi connectivity index (χ4v) is 3.21. The van der Waals surface area contributed by atoms with E-state index in [1.807, 2.05) is 82.4 Å². The van der Waals surface area contributed by atoms with Crippen molar-refractivity contribution in [2.24, 2.45) is 0 Å². The van der Waals surface area contributed by atoms with Crippen molar-refractivity contribution in [1.82, 2.24) is 9.78 Å². The lowest BCUT2D eigenvalue weighted by Gasteiger charge is -2.15. The number of quaternary nitrogens is 1. The lowest BCUT2D eigenvalue weighted by molar-refractivity contribution is -0.885. The van der Waals surface area contributed by atoms with Crippen LogP contribution in [0.3, 0.4) is 0 Å². The smallest absolute Gasteiger partial charge is 0.280 e. The van der Waals surface area contributed by atoms with Crippen LogP contribution in [-0.2, 0) is 11.3 Å². The molecule has 1 heterocycles. The highest BCUT2D eigenvalue weighted by Gasteiger charge is 2.15. The molecule has 3 aromatic rings. The van der Waals surface area contributed by atoms with Gasteiger partial charge in [0.25, 0.3) is 5.91 Å². The summed E-state index contributed by atoms with van der Waals surface area (Å²) in [5.41, 5.74) is 4.13. The third-order valence-corrected chi connectivity index (χ3v) is 4.58. The van der Waals surface area contributed by atoms with Crippen LogP contribution < -0.4 is 15.0 Å². The minimum atomic E-state index is -0.0401. The monoisotopic (exact) mass is 393 g/mol. The molecule has 1 aromatic heterocycles. The molecule has 152 valence electrons. The molecule has 0 saturated heterocycles. The summed E-state index contributed by atoms with van der Waals surface area (Å²) in [5.74, 6) is 1.51. The van der Waals surface area contributed by atoms with E-state index < -0.39 is 0 Å². The van der Waals surface area contributed by atoms with Crippen molar-refractivity contribution >= 4 is 11.7 Å². The van der Waals surface area contributed by atoms with Crippen molar-refractivity contribution in [3.05, 3.63) is 71.4 Å². The summed E-state index contributed by atoms with van der Waals surface area (Å²) in [7, 11) is 2.01. The molecule has 6 heteroatoms. The highest BCUT2D eigenvalue weighted by atomic mass is 16.5. The van der Waals surface area contributed by atoms with Crippen LogP contribution in [0, 0.1) is 13.8 Å². The predicted molar refractivity (Wildman–Crippen MR) is 115 cm³/mol. The van der Waals surface area contributed by atoms with E-state index in [4.69, 9.17) is 4.74 Å². The molecular formula is C23H29N4O2+. The molecule has 2 aromatic carbocycles. The molecule has 0 aliphatic carbocycles. The molecule has 0 spiro atoms. The van der Waals surface area contributed by atoms with Crippen LogP contribution in [0.5, 0.6) is 5.75 Å². The number of hydrogen-bond donors (Lipinski definition) is 2. The van der Waals surface area contributed by atoms with Crippen molar-refractivity contribution in [2.45, 2.75) is 27.3 Å². The van der Waals surface area contributed by atoms with E-state index in [1.54, 1.807) is 4.68 Å². The van der Waals surface area contributed by atoms with Crippen molar-refractivity contribution in [2.75, 3.05) is 25.5 Å². The summed E-state index contributed by atoms with van der Waals surface area (Å²) in [6, 6.07) is 18.0. The molecule has 6 nitrogen and oxygen atoms in total. The first-order valence-corrected chi connectivity index (χ1v) is 9.91. The van der Waals surface area contributed by atoms with Crippen molar-refractivity contribution in [1.29, 1.82) is 0 Å². The first kappa shape index (κ1) is 20.6. The Morgan fingerprint density at radius 2 is 1.79 bits per heavy atom. The van der Waals surface area contributed by atoms with Crippen LogP contribution in [-0.4, -0.2) is 35.9 Å². The summed E-state index contributed by atoms with van der Waals surface area (Å²) in [4.78, 5) is 13.7. The van der Waals surface area contributed by atoms with E-state index in [0.29, 0.717) is 19.0 Å². The third kappa shape index (κ3) is 5.68. The van der Waals surface area contributed by atoms with Crippen LogP contribution in [0.15, 0.2) is 54.6 Å². The number of carbonyl (C=O) groups excluding carboxylic acids is 1. The second-order valence-electron chi connectivity index (χ2n) is 7.35. The molecule has 1 atom stereocenters. The molecule has 1 unspecified atom stereocenters. The topological polar surface area (TPSA) is 60.6 Å². The number of aromatic nitrogens is 2. The van der Waals surface area contributed by atoms with E-state index in [9.17, 15) is 4.79 Å². The average Bonchev–Trinajstić information content (AvgIpc) is 3.04. The maximum atomic E-state index is 12.6. The average molecular weight is 394 g/mol. The van der Waals surface area contributed by atoms with Gasteiger partial charge in [-0.3, -0.25) is 4.79 Å². The van der Waals surface area contributed by atoms with Gasteiger partial charge in [0.15, 0.2) is 6.54 Å². The first-order valence-electron chi connectivity index (χ1n) is 9.91. The largest absolute Gasteiger partial charge is 0.494 e. The van der Waals surface area contributed by atoms with E-state index >= 15 is 0 Å². The van der Waals surface area contributed by atoms with Gasteiger partial charge in [0.1, 0.15) is 18.1 Å². The maximum absolute atomic E-state index is 12.6. The number of benzene rings is 2. The summed E-state index contributed by atoms with van der Waals surface area (Å²) < 4.78 is 7.25. The van der Waals surface area contributed by atoms with Crippen molar-refractivity contribution < 1.29 is 14.4 Å². The normalized spacial score (nSPS) is 11.9. The number of hydrogen-bond acceptors (Lipinski definition) is 3. The zero-order valence-electron chi connectivity index (χ0n) is 17.5. The molecular weight excluding hydrogens is 364 g/mol. The number of rotatable bonds is 8. The second kappa shape index (κ2) is 9.39. The molecule has 0 saturated carbocycles. The molecule has 0 bridgehead atoms. The van der Waals surface area contributed by atoms with Gasteiger partial charge in [-0.15, -0.1) is 0 Å². The van der Waals surface area contributed by atoms with Gasteiger partial charge in [0.2, 0.25) is 0 Å². The molecule has 0 radical (unpaired) electrons. The fourth-order valence-electron chi connectivity index (χ4n) is 3.21. The van der Waals surface area contributed by atoms with Gasteiger partial charge in [0.05, 0.1) is 25.0 Å². The Labute approximate surface area is 172 Å². The zero-order chi connectivity index (χ0) is 20.8. The van der Waals surface area contributed by atoms with Crippen LogP contribution in [0.1, 0.15) is 23.7 Å². The molecule has 1 amide bonds. The SMILES string of the molecule is CCOc1ccc(C[NH+](C)CC(=O)Nc2cc(C)nn2-c2ccc(C)cc2)cc1. The fraction of sp³-hybridized carbons (Fsp3) is 0.304. The Morgan fingerprint density at radius 1 is 1.10 bits per heavy atom. The lowest BCUT2D eigenvalue weighted by Crippen LogP contribution is -3.08. The summed E-state index contributed by atoms with van der Waals surface area (Å²) >= 11 is 0. The minimum absolute atomic E-state index is 0.0401. The molecule has 2 N–H and O–H groups in total. The van der Waals surface area contributed by atoms with Crippen LogP contribution >= 0.6 is 0 Å². The summed E-state index contributed by atoms with van der Waals surface area (Å²) in [6.45, 7) is 7.72. The van der Waals surface area contributed by atoms with Gasteiger partial charge in [-0.05, 0) is 57.2 Å². The molecule has 3 rings (SSSR count). The highest BCUT2D eigenvalue weighted by molar-refractivity contribution is 5.91. The minimum Gasteiger partial charge on any atom is -0.494 e. The number of aryl methyl sites for hydroxylation is 2. The Bertz CT molecular complexity index is 946. The molecule has 0 aliphatic rings. The summed E-state index contributed by atoms with van der Waals surface area (Å²) in [6.07, 6.45) is 0. The van der Waals surface area contributed by atoms with Gasteiger partial charge in [-0.1, -0.05) is 17.7 Å². The zero-order valence-corrected chi connectivity index (χ0v) is 17.5. The number of carbonyl (C=O) groups is 1. The number of nitrogens with one attached hydrogen (secondary N) is 2. The maximum Gasteiger partial charge on any atom is 0.280 e. The molecule has 29 heavy (non-hydrogen) atoms. The Hall–Kier alpha value is -3.12. The van der Waals surface area contributed by atoms with E-state index in [0.717, 1.165) is 28.6 Å². The standard InChI is InChI=1S/C23H28N4O2/c1-5-29-21-12-8-19(9-13-21)15-26(4)16-23(28)24-22-14-18(3)25-27(22)20-10-6-17(2)7-11-20/h6-14H,5,15-16H2,1-4H3,(H,24,28)/p+1. The first-order chi connectivity index (χ1) is 13.9. The van der Waals surface area contributed by atoms with E-state index in [-0.39, 0.29) is 5.91 Å². The molecule has 0 aliphatic heterocycles. The quantitative estimate of drug-likeness (QED) is 0.618. The third-order valence-electron chi connectivity index (χ3n) is 4.58.